The number of aromatic nitrogens is 1. The lowest BCUT2D eigenvalue weighted by Crippen LogP contribution is -1.89. The van der Waals surface area contributed by atoms with Gasteiger partial charge in [0.2, 0.25) is 0 Å². The van der Waals surface area contributed by atoms with Gasteiger partial charge in [0, 0.05) is 21.2 Å². The highest BCUT2D eigenvalue weighted by molar-refractivity contribution is 7.21. The highest BCUT2D eigenvalue weighted by atomic mass is 32.1. The van der Waals surface area contributed by atoms with E-state index in [-0.39, 0.29) is 0 Å². The van der Waals surface area contributed by atoms with Gasteiger partial charge in [-0.2, -0.15) is 0 Å². The van der Waals surface area contributed by atoms with Crippen LogP contribution in [0.2, 0.25) is 0 Å². The molecule has 0 aliphatic heterocycles. The zero-order valence-corrected chi connectivity index (χ0v) is 18.0. The summed E-state index contributed by atoms with van der Waals surface area (Å²) in [6, 6.07) is 36.4. The van der Waals surface area contributed by atoms with Gasteiger partial charge in [0.1, 0.15) is 0 Å². The Labute approximate surface area is 190 Å². The first-order valence-electron chi connectivity index (χ1n) is 10.5. The Balaban J connectivity index is 1.72. The average Bonchev–Trinajstić information content (AvgIpc) is 3.53. The molecule has 0 atom stereocenters. The van der Waals surface area contributed by atoms with E-state index >= 15 is 0 Å². The third-order valence-electron chi connectivity index (χ3n) is 5.74. The molecule has 6 rings (SSSR count). The molecule has 0 spiro atoms. The number of rotatable bonds is 4. The van der Waals surface area contributed by atoms with Gasteiger partial charge < -0.3 is 4.42 Å². The van der Waals surface area contributed by atoms with Crippen molar-refractivity contribution in [1.82, 2.24) is 4.98 Å². The van der Waals surface area contributed by atoms with Gasteiger partial charge >= 0.3 is 0 Å². The molecule has 0 aliphatic rings. The molecule has 32 heavy (non-hydrogen) atoms. The van der Waals surface area contributed by atoms with E-state index in [2.05, 4.69) is 108 Å². The monoisotopic (exact) mass is 429 g/mol. The number of hydrogen-bond donors (Lipinski definition) is 0. The molecule has 0 radical (unpaired) electrons. The Morgan fingerprint density at radius 2 is 1.12 bits per heavy atom. The van der Waals surface area contributed by atoms with Crippen molar-refractivity contribution in [2.75, 3.05) is 0 Å². The molecular formula is C29H19NOS. The van der Waals surface area contributed by atoms with Crippen LogP contribution in [0.15, 0.2) is 120 Å². The van der Waals surface area contributed by atoms with E-state index < -0.39 is 0 Å². The minimum absolute atomic E-state index is 0.802. The van der Waals surface area contributed by atoms with Gasteiger partial charge in [-0.3, -0.25) is 0 Å². The van der Waals surface area contributed by atoms with Crippen molar-refractivity contribution in [3.63, 3.8) is 0 Å². The molecule has 0 aliphatic carbocycles. The smallest absolute Gasteiger partial charge is 0.181 e. The molecule has 0 unspecified atom stereocenters. The van der Waals surface area contributed by atoms with Gasteiger partial charge in [0.25, 0.3) is 0 Å². The average molecular weight is 430 g/mol. The van der Waals surface area contributed by atoms with E-state index in [1.807, 2.05) is 0 Å². The predicted octanol–water partition coefficient (Wildman–Crippen LogP) is 8.56. The maximum absolute atomic E-state index is 5.71. The number of thiophene rings is 1. The van der Waals surface area contributed by atoms with Crippen molar-refractivity contribution in [3.05, 3.63) is 116 Å². The van der Waals surface area contributed by atoms with Gasteiger partial charge in [-0.25, -0.2) is 4.98 Å². The van der Waals surface area contributed by atoms with Crippen LogP contribution in [0.1, 0.15) is 0 Å². The van der Waals surface area contributed by atoms with Crippen LogP contribution in [0.5, 0.6) is 0 Å². The summed E-state index contributed by atoms with van der Waals surface area (Å²) in [7, 11) is 0. The molecule has 0 saturated carbocycles. The summed E-state index contributed by atoms with van der Waals surface area (Å²) in [5.41, 5.74) is 6.11. The third kappa shape index (κ3) is 3.15. The first-order chi connectivity index (χ1) is 15.9. The zero-order valence-electron chi connectivity index (χ0n) is 17.2. The van der Waals surface area contributed by atoms with Crippen molar-refractivity contribution in [3.8, 4) is 43.3 Å². The maximum Gasteiger partial charge on any atom is 0.181 e. The van der Waals surface area contributed by atoms with Crippen LogP contribution in [-0.4, -0.2) is 4.98 Å². The van der Waals surface area contributed by atoms with Crippen LogP contribution < -0.4 is 0 Å². The number of nitrogens with zero attached hydrogens (tertiary/aromatic N) is 1. The lowest BCUT2D eigenvalue weighted by molar-refractivity contribution is 0.574. The summed E-state index contributed by atoms with van der Waals surface area (Å²) in [5, 5.41) is 2.41. The van der Waals surface area contributed by atoms with Crippen LogP contribution in [-0.2, 0) is 0 Å². The largest absolute Gasteiger partial charge is 0.443 e. The van der Waals surface area contributed by atoms with E-state index in [0.717, 1.165) is 10.6 Å². The zero-order chi connectivity index (χ0) is 21.3. The quantitative estimate of drug-likeness (QED) is 0.280. The Kier molecular flexibility index (Phi) is 4.67. The normalized spacial score (nSPS) is 11.1. The molecule has 6 aromatic rings. The highest BCUT2D eigenvalue weighted by Crippen LogP contribution is 2.49. The van der Waals surface area contributed by atoms with Crippen molar-refractivity contribution >= 4 is 22.1 Å². The molecule has 2 aromatic heterocycles. The second kappa shape index (κ2) is 7.95. The van der Waals surface area contributed by atoms with Crippen LogP contribution in [0.25, 0.3) is 54.1 Å². The van der Waals surface area contributed by atoms with Crippen molar-refractivity contribution in [1.29, 1.82) is 0 Å². The summed E-state index contributed by atoms with van der Waals surface area (Å²) in [6.07, 6.45) is 3.29. The number of hydrogen-bond acceptors (Lipinski definition) is 3. The fourth-order valence-electron chi connectivity index (χ4n) is 4.30. The second-order valence-corrected chi connectivity index (χ2v) is 8.65. The highest BCUT2D eigenvalue weighted by Gasteiger charge is 2.21. The van der Waals surface area contributed by atoms with Gasteiger partial charge in [-0.15, -0.1) is 11.3 Å². The van der Waals surface area contributed by atoms with Crippen molar-refractivity contribution < 1.29 is 4.42 Å². The van der Waals surface area contributed by atoms with Crippen molar-refractivity contribution in [2.45, 2.75) is 0 Å². The number of benzene rings is 4. The molecule has 0 saturated heterocycles. The van der Waals surface area contributed by atoms with Gasteiger partial charge in [0.05, 0.1) is 11.1 Å². The van der Waals surface area contributed by atoms with E-state index in [1.54, 1.807) is 17.5 Å². The van der Waals surface area contributed by atoms with E-state index in [1.165, 1.54) is 49.9 Å². The molecule has 4 aromatic carbocycles. The molecular weight excluding hydrogens is 410 g/mol. The van der Waals surface area contributed by atoms with E-state index in [9.17, 15) is 0 Å². The van der Waals surface area contributed by atoms with E-state index in [0.29, 0.717) is 0 Å². The SMILES string of the molecule is c1ccc(-c2cccc(-c3ccccc3)c2-c2sc(-c3cnco3)c3ccccc23)cc1. The number of oxazole rings is 1. The molecule has 0 fully saturated rings. The van der Waals surface area contributed by atoms with Crippen LogP contribution in [0.4, 0.5) is 0 Å². The first kappa shape index (κ1) is 18.8. The molecule has 3 heteroatoms. The molecule has 0 N–H and O–H groups in total. The fourth-order valence-corrected chi connectivity index (χ4v) is 5.60. The lowest BCUT2D eigenvalue weighted by atomic mass is 9.90. The molecule has 2 heterocycles. The first-order valence-corrected chi connectivity index (χ1v) is 11.4. The summed E-state index contributed by atoms with van der Waals surface area (Å²) in [6.45, 7) is 0. The Morgan fingerprint density at radius 1 is 0.562 bits per heavy atom. The molecule has 0 amide bonds. The van der Waals surface area contributed by atoms with Crippen LogP contribution in [0, 0.1) is 0 Å². The lowest BCUT2D eigenvalue weighted by Gasteiger charge is -2.15. The maximum atomic E-state index is 5.71. The summed E-state index contributed by atoms with van der Waals surface area (Å²) < 4.78 is 5.71. The fraction of sp³-hybridized carbons (Fsp3) is 0. The minimum atomic E-state index is 0.802. The standard InChI is InChI=1S/C29H19NOS/c1-3-10-20(11-4-1)22-16-9-17-23(21-12-5-2-6-13-21)27(22)29-25-15-8-7-14-24(25)28(32-29)26-18-30-19-31-26/h1-19H. The predicted molar refractivity (Wildman–Crippen MR) is 134 cm³/mol. The topological polar surface area (TPSA) is 26.0 Å². The molecule has 152 valence electrons. The van der Waals surface area contributed by atoms with Crippen molar-refractivity contribution in [2.24, 2.45) is 0 Å². The Bertz CT molecular complexity index is 1440. The summed E-state index contributed by atoms with van der Waals surface area (Å²) >= 11 is 1.77. The summed E-state index contributed by atoms with van der Waals surface area (Å²) in [4.78, 5) is 6.51. The minimum Gasteiger partial charge on any atom is -0.443 e. The Hall–Kier alpha value is -3.95. The second-order valence-electron chi connectivity index (χ2n) is 7.63. The van der Waals surface area contributed by atoms with E-state index in [4.69, 9.17) is 4.42 Å². The summed E-state index contributed by atoms with van der Waals surface area (Å²) in [5.74, 6) is 0.802. The van der Waals surface area contributed by atoms with Crippen LogP contribution in [0.3, 0.4) is 0 Å². The number of fused-ring (bicyclic) bond motifs is 1. The Morgan fingerprint density at radius 3 is 1.69 bits per heavy atom. The van der Waals surface area contributed by atoms with Gasteiger partial charge in [0.15, 0.2) is 12.2 Å². The molecule has 2 nitrogen and oxygen atoms in total. The van der Waals surface area contributed by atoms with Gasteiger partial charge in [-0.05, 0) is 22.3 Å². The van der Waals surface area contributed by atoms with Gasteiger partial charge in [-0.1, -0.05) is 103 Å². The third-order valence-corrected chi connectivity index (χ3v) is 6.99. The van der Waals surface area contributed by atoms with Crippen LogP contribution >= 0.6 is 11.3 Å². The molecule has 0 bridgehead atoms.